The van der Waals surface area contributed by atoms with Crippen LogP contribution in [0.4, 0.5) is 0 Å². The molecule has 2 N–H and O–H groups in total. The van der Waals surface area contributed by atoms with E-state index in [1.807, 2.05) is 30.3 Å². The summed E-state index contributed by atoms with van der Waals surface area (Å²) in [7, 11) is 5.22. The molecule has 1 saturated heterocycles. The second-order valence-corrected chi connectivity index (χ2v) is 9.87. The zero-order chi connectivity index (χ0) is 23.0. The molecule has 0 spiro atoms. The molecule has 0 aliphatic carbocycles. The van der Waals surface area contributed by atoms with Gasteiger partial charge < -0.3 is 10.2 Å². The van der Waals surface area contributed by atoms with Gasteiger partial charge in [-0.3, -0.25) is 4.48 Å². The van der Waals surface area contributed by atoms with Crippen molar-refractivity contribution >= 4 is 17.8 Å². The number of hydrogen-bond donors (Lipinski definition) is 2. The summed E-state index contributed by atoms with van der Waals surface area (Å²) < 4.78 is -0.278. The molecule has 0 radical (unpaired) electrons. The van der Waals surface area contributed by atoms with E-state index in [9.17, 15) is 24.6 Å². The van der Waals surface area contributed by atoms with Crippen molar-refractivity contribution in [2.45, 2.75) is 63.6 Å². The van der Waals surface area contributed by atoms with Crippen LogP contribution in [0.1, 0.15) is 45.6 Å². The van der Waals surface area contributed by atoms with Crippen LogP contribution < -0.4 is 0 Å². The smallest absolute Gasteiger partial charge is 0.374 e. The first kappa shape index (κ1) is 24.0. The lowest BCUT2D eigenvalue weighted by Crippen LogP contribution is -2.77. The molecule has 30 heavy (non-hydrogen) atoms. The van der Waals surface area contributed by atoms with Crippen LogP contribution in [0.15, 0.2) is 30.3 Å². The van der Waals surface area contributed by atoms with E-state index in [0.717, 1.165) is 5.56 Å². The molecule has 0 bridgehead atoms. The highest BCUT2D eigenvalue weighted by atomic mass is 16.4. The van der Waals surface area contributed by atoms with Crippen LogP contribution in [0.25, 0.3) is 0 Å². The summed E-state index contributed by atoms with van der Waals surface area (Å²) in [4.78, 5) is 38.1. The minimum atomic E-state index is -1.24. The molecule has 7 heteroatoms. The van der Waals surface area contributed by atoms with E-state index in [2.05, 4.69) is 0 Å². The maximum absolute atomic E-state index is 13.8. The largest absolute Gasteiger partial charge is 0.477 e. The molecule has 1 aromatic rings. The first-order valence-electron chi connectivity index (χ1n) is 10.5. The fraction of sp³-hybridized carbons (Fsp3) is 0.609. The van der Waals surface area contributed by atoms with Crippen molar-refractivity contribution in [1.29, 1.82) is 0 Å². The Kier molecular flexibility index (Phi) is 6.50. The summed E-state index contributed by atoms with van der Waals surface area (Å²) >= 11 is 0. The molecule has 1 aliphatic heterocycles. The minimum absolute atomic E-state index is 0.0822. The molecule has 1 aromatic carbocycles. The van der Waals surface area contributed by atoms with Gasteiger partial charge in [-0.1, -0.05) is 30.3 Å². The molecule has 1 amide bonds. The second-order valence-electron chi connectivity index (χ2n) is 9.87. The molecule has 3 unspecified atom stereocenters. The predicted octanol–water partition coefficient (Wildman–Crippen LogP) is 2.54. The Labute approximate surface area is 179 Å². The number of benzene rings is 1. The molecule has 0 saturated carbocycles. The van der Waals surface area contributed by atoms with Crippen LogP contribution in [-0.4, -0.2) is 81.8 Å². The monoisotopic (exact) mass is 420 g/mol. The van der Waals surface area contributed by atoms with Gasteiger partial charge in [-0.25, -0.2) is 18.9 Å². The normalized spacial score (nSPS) is 24.3. The summed E-state index contributed by atoms with van der Waals surface area (Å²) in [5.74, 6) is -2.18. The van der Waals surface area contributed by atoms with Crippen molar-refractivity contribution < 1.29 is 33.6 Å². The number of aliphatic carboxylic acids is 2. The van der Waals surface area contributed by atoms with E-state index < -0.39 is 29.1 Å². The Morgan fingerprint density at radius 3 is 2.17 bits per heavy atom. The Bertz CT molecular complexity index is 820. The van der Waals surface area contributed by atoms with Gasteiger partial charge in [0.25, 0.3) is 0 Å². The van der Waals surface area contributed by atoms with Crippen molar-refractivity contribution in [2.75, 3.05) is 27.7 Å². The number of amides is 1. The molecule has 3 atom stereocenters. The van der Waals surface area contributed by atoms with Gasteiger partial charge in [0, 0.05) is 40.0 Å². The van der Waals surface area contributed by atoms with Crippen LogP contribution in [0.2, 0.25) is 0 Å². The van der Waals surface area contributed by atoms with E-state index in [1.54, 1.807) is 41.9 Å². The highest BCUT2D eigenvalue weighted by Gasteiger charge is 2.65. The zero-order valence-electron chi connectivity index (χ0n) is 19.0. The van der Waals surface area contributed by atoms with Gasteiger partial charge in [0.2, 0.25) is 5.54 Å². The number of carbonyl (C=O) groups excluding carboxylic acids is 1. The van der Waals surface area contributed by atoms with E-state index in [1.165, 1.54) is 0 Å². The minimum Gasteiger partial charge on any atom is -0.477 e. The topological polar surface area (TPSA) is 91.7 Å². The number of carboxylic acids is 2. The second kappa shape index (κ2) is 8.12. The SMILES string of the molecule is CC(C)(C(=O)[N+]1(C)CCCC1C(=O)O)[N+](C)(C)C(C)(CCc1ccccc1)C(=O)O. The molecule has 166 valence electrons. The van der Waals surface area contributed by atoms with Gasteiger partial charge in [-0.15, -0.1) is 0 Å². The maximum Gasteiger partial charge on any atom is 0.374 e. The highest BCUT2D eigenvalue weighted by molar-refractivity contribution is 5.83. The van der Waals surface area contributed by atoms with Gasteiger partial charge in [-0.05, 0) is 12.0 Å². The lowest BCUT2D eigenvalue weighted by atomic mass is 9.83. The van der Waals surface area contributed by atoms with Crippen molar-refractivity contribution in [3.05, 3.63) is 35.9 Å². The summed E-state index contributed by atoms with van der Waals surface area (Å²) in [6.07, 6.45) is 2.03. The number of carboxylic acid groups (broad SMARTS) is 2. The number of hydrogen-bond acceptors (Lipinski definition) is 3. The van der Waals surface area contributed by atoms with Crippen LogP contribution in [0.3, 0.4) is 0 Å². The van der Waals surface area contributed by atoms with Crippen molar-refractivity contribution in [2.24, 2.45) is 0 Å². The quantitative estimate of drug-likeness (QED) is 0.631. The summed E-state index contributed by atoms with van der Waals surface area (Å²) in [5.41, 5.74) is -1.32. The fourth-order valence-electron chi connectivity index (χ4n) is 4.80. The number of likely N-dealkylation sites (tertiary alicyclic amines) is 1. The first-order chi connectivity index (χ1) is 13.7. The number of rotatable bonds is 8. The third-order valence-electron chi connectivity index (χ3n) is 7.90. The summed E-state index contributed by atoms with van der Waals surface area (Å²) in [6, 6.07) is 8.90. The van der Waals surface area contributed by atoms with Crippen molar-refractivity contribution in [3.8, 4) is 0 Å². The molecular formula is C23H36N2O5+2. The Morgan fingerprint density at radius 2 is 1.67 bits per heavy atom. The molecule has 1 aliphatic rings. The number of likely N-dealkylation sites (N-methyl/N-ethyl adjacent to an activating group) is 2. The number of quaternary nitrogens is 2. The summed E-state index contributed by atoms with van der Waals surface area (Å²) in [6.45, 7) is 5.64. The lowest BCUT2D eigenvalue weighted by molar-refractivity contribution is -0.978. The standard InChI is InChI=1S/C23H34N2O5/c1-22(2,20(28)25(6)16-10-13-18(25)19(26)27)24(4,5)23(3,21(29)30)15-14-17-11-8-7-9-12-17/h7-9,11-12,18H,10,13-16H2,1-6H3/p+2. The van der Waals surface area contributed by atoms with Gasteiger partial charge in [0.05, 0.1) is 27.7 Å². The van der Waals surface area contributed by atoms with E-state index in [-0.39, 0.29) is 14.9 Å². The van der Waals surface area contributed by atoms with Gasteiger partial charge in [-0.2, -0.15) is 0 Å². The van der Waals surface area contributed by atoms with E-state index in [0.29, 0.717) is 32.2 Å². The predicted molar refractivity (Wildman–Crippen MR) is 114 cm³/mol. The number of aryl methyl sites for hydroxylation is 1. The van der Waals surface area contributed by atoms with Crippen LogP contribution in [0.5, 0.6) is 0 Å². The Hall–Kier alpha value is -2.25. The average molecular weight is 421 g/mol. The van der Waals surface area contributed by atoms with Crippen LogP contribution >= 0.6 is 0 Å². The first-order valence-corrected chi connectivity index (χ1v) is 10.5. The van der Waals surface area contributed by atoms with Gasteiger partial charge in [0.1, 0.15) is 0 Å². The molecule has 1 fully saturated rings. The molecule has 0 aromatic heterocycles. The van der Waals surface area contributed by atoms with Crippen LogP contribution in [-0.2, 0) is 20.8 Å². The number of carbonyl (C=O) groups is 3. The van der Waals surface area contributed by atoms with Crippen molar-refractivity contribution in [3.63, 3.8) is 0 Å². The third-order valence-corrected chi connectivity index (χ3v) is 7.90. The maximum atomic E-state index is 13.8. The van der Waals surface area contributed by atoms with Gasteiger partial charge >= 0.3 is 17.8 Å². The van der Waals surface area contributed by atoms with E-state index >= 15 is 0 Å². The Morgan fingerprint density at radius 1 is 1.10 bits per heavy atom. The third kappa shape index (κ3) is 3.76. The lowest BCUT2D eigenvalue weighted by Gasteiger charge is -2.53. The number of nitrogens with zero attached hydrogens (tertiary/aromatic N) is 2. The molecule has 2 rings (SSSR count). The van der Waals surface area contributed by atoms with Crippen LogP contribution in [0, 0.1) is 0 Å². The van der Waals surface area contributed by atoms with Gasteiger partial charge in [0.15, 0.2) is 11.6 Å². The average Bonchev–Trinajstić information content (AvgIpc) is 3.08. The zero-order valence-corrected chi connectivity index (χ0v) is 19.0. The molecular weight excluding hydrogens is 384 g/mol. The Balaban J connectivity index is 2.41. The van der Waals surface area contributed by atoms with E-state index in [4.69, 9.17) is 0 Å². The highest BCUT2D eigenvalue weighted by Crippen LogP contribution is 2.39. The summed E-state index contributed by atoms with van der Waals surface area (Å²) in [5, 5.41) is 19.9. The molecule has 7 nitrogen and oxygen atoms in total. The molecule has 1 heterocycles. The van der Waals surface area contributed by atoms with Crippen molar-refractivity contribution in [1.82, 2.24) is 0 Å². The fourth-order valence-corrected chi connectivity index (χ4v) is 4.80.